The predicted octanol–water partition coefficient (Wildman–Crippen LogP) is 3.03. The zero-order chi connectivity index (χ0) is 19.7. The second kappa shape index (κ2) is 7.54. The van der Waals surface area contributed by atoms with Gasteiger partial charge in [-0.1, -0.05) is 6.07 Å². The largest absolute Gasteiger partial charge is 0.486 e. The van der Waals surface area contributed by atoms with E-state index in [4.69, 9.17) is 9.47 Å². The lowest BCUT2D eigenvalue weighted by molar-refractivity contribution is -0.116. The average molecular weight is 380 g/mol. The number of ether oxygens (including phenoxy) is 2. The molecular weight excluding hydrogens is 356 g/mol. The molecule has 2 aliphatic heterocycles. The van der Waals surface area contributed by atoms with Crippen LogP contribution >= 0.6 is 0 Å². The van der Waals surface area contributed by atoms with Gasteiger partial charge in [0, 0.05) is 37.8 Å². The number of nitrogens with zero attached hydrogens (tertiary/aromatic N) is 2. The monoisotopic (exact) mass is 380 g/mol. The molecule has 0 aliphatic carbocycles. The Morgan fingerprint density at radius 1 is 1.07 bits per heavy atom. The van der Waals surface area contributed by atoms with E-state index in [1.165, 1.54) is 0 Å². The van der Waals surface area contributed by atoms with Crippen molar-refractivity contribution in [2.45, 2.75) is 26.8 Å². The molecule has 0 aromatic heterocycles. The molecule has 2 aliphatic rings. The molecule has 0 saturated carbocycles. The number of carbonyl (C=O) groups excluding carboxylic acids is 2. The van der Waals surface area contributed by atoms with Gasteiger partial charge in [-0.15, -0.1) is 0 Å². The van der Waals surface area contributed by atoms with Gasteiger partial charge < -0.3 is 19.3 Å². The molecule has 0 bridgehead atoms. The van der Waals surface area contributed by atoms with Gasteiger partial charge in [0.25, 0.3) is 5.91 Å². The number of benzene rings is 2. The Morgan fingerprint density at radius 3 is 2.61 bits per heavy atom. The van der Waals surface area contributed by atoms with Crippen LogP contribution in [0.1, 0.15) is 35.3 Å². The van der Waals surface area contributed by atoms with Crippen LogP contribution in [0.25, 0.3) is 0 Å². The Kier molecular flexibility index (Phi) is 4.94. The molecule has 0 N–H and O–H groups in total. The molecule has 28 heavy (non-hydrogen) atoms. The van der Waals surface area contributed by atoms with Crippen LogP contribution in [-0.2, 0) is 17.8 Å². The minimum Gasteiger partial charge on any atom is -0.486 e. The van der Waals surface area contributed by atoms with E-state index in [0.717, 1.165) is 34.7 Å². The van der Waals surface area contributed by atoms with Crippen molar-refractivity contribution in [2.24, 2.45) is 0 Å². The van der Waals surface area contributed by atoms with Crippen molar-refractivity contribution < 1.29 is 19.1 Å². The zero-order valence-corrected chi connectivity index (χ0v) is 16.2. The molecule has 6 heteroatoms. The molecule has 0 spiro atoms. The van der Waals surface area contributed by atoms with Crippen molar-refractivity contribution in [3.63, 3.8) is 0 Å². The normalized spacial score (nSPS) is 14.6. The summed E-state index contributed by atoms with van der Waals surface area (Å²) in [4.78, 5) is 28.4. The van der Waals surface area contributed by atoms with Gasteiger partial charge in [-0.25, -0.2) is 0 Å². The lowest BCUT2D eigenvalue weighted by Gasteiger charge is -2.23. The summed E-state index contributed by atoms with van der Waals surface area (Å²) in [6.45, 7) is 6.43. The Hall–Kier alpha value is -3.02. The highest BCUT2D eigenvalue weighted by atomic mass is 16.6. The van der Waals surface area contributed by atoms with Crippen molar-refractivity contribution in [1.29, 1.82) is 0 Å². The van der Waals surface area contributed by atoms with E-state index in [-0.39, 0.29) is 11.8 Å². The van der Waals surface area contributed by atoms with E-state index < -0.39 is 0 Å². The Labute approximate surface area is 164 Å². The summed E-state index contributed by atoms with van der Waals surface area (Å²) in [5.41, 5.74) is 3.63. The van der Waals surface area contributed by atoms with E-state index in [2.05, 4.69) is 0 Å². The first-order chi connectivity index (χ1) is 13.6. The maximum atomic E-state index is 13.1. The van der Waals surface area contributed by atoms with E-state index in [9.17, 15) is 9.59 Å². The van der Waals surface area contributed by atoms with Gasteiger partial charge in [0.1, 0.15) is 13.2 Å². The highest BCUT2D eigenvalue weighted by Gasteiger charge is 2.24. The van der Waals surface area contributed by atoms with Crippen LogP contribution in [0.5, 0.6) is 11.5 Å². The third-order valence-electron chi connectivity index (χ3n) is 5.25. The van der Waals surface area contributed by atoms with E-state index in [0.29, 0.717) is 38.4 Å². The first-order valence-corrected chi connectivity index (χ1v) is 9.65. The smallest absolute Gasteiger partial charge is 0.254 e. The number of rotatable bonds is 4. The van der Waals surface area contributed by atoms with Crippen molar-refractivity contribution in [3.05, 3.63) is 53.1 Å². The van der Waals surface area contributed by atoms with Crippen LogP contribution in [0.3, 0.4) is 0 Å². The summed E-state index contributed by atoms with van der Waals surface area (Å²) >= 11 is 0. The number of hydrogen-bond donors (Lipinski definition) is 0. The first-order valence-electron chi connectivity index (χ1n) is 9.65. The van der Waals surface area contributed by atoms with E-state index in [1.807, 2.05) is 48.2 Å². The summed E-state index contributed by atoms with van der Waals surface area (Å²) in [5, 5.41) is 0. The quantitative estimate of drug-likeness (QED) is 0.818. The van der Waals surface area contributed by atoms with Crippen molar-refractivity contribution in [3.8, 4) is 11.5 Å². The SMILES string of the molecule is CCN(Cc1ccc2c(c1)OCCO2)C(=O)c1ccc2c(c1)CCN2C(C)=O. The zero-order valence-electron chi connectivity index (χ0n) is 16.2. The third-order valence-corrected chi connectivity index (χ3v) is 5.25. The third kappa shape index (κ3) is 3.42. The van der Waals surface area contributed by atoms with Gasteiger partial charge in [0.15, 0.2) is 11.5 Å². The topological polar surface area (TPSA) is 59.1 Å². The van der Waals surface area contributed by atoms with Gasteiger partial charge in [-0.2, -0.15) is 0 Å². The highest BCUT2D eigenvalue weighted by molar-refractivity contribution is 5.97. The van der Waals surface area contributed by atoms with Crippen molar-refractivity contribution in [1.82, 2.24) is 4.90 Å². The summed E-state index contributed by atoms with van der Waals surface area (Å²) < 4.78 is 11.2. The maximum absolute atomic E-state index is 13.1. The summed E-state index contributed by atoms with van der Waals surface area (Å²) in [6.07, 6.45) is 0.782. The molecule has 0 saturated heterocycles. The van der Waals surface area contributed by atoms with Gasteiger partial charge >= 0.3 is 0 Å². The molecule has 6 nitrogen and oxygen atoms in total. The fraction of sp³-hybridized carbons (Fsp3) is 0.364. The van der Waals surface area contributed by atoms with Crippen LogP contribution in [-0.4, -0.2) is 43.0 Å². The van der Waals surface area contributed by atoms with Gasteiger partial charge in [-0.3, -0.25) is 9.59 Å². The number of anilines is 1. The second-order valence-corrected chi connectivity index (χ2v) is 7.06. The van der Waals surface area contributed by atoms with Crippen LogP contribution in [0.4, 0.5) is 5.69 Å². The molecule has 2 amide bonds. The minimum absolute atomic E-state index is 0.0125. The van der Waals surface area contributed by atoms with E-state index in [1.54, 1.807) is 11.8 Å². The number of amides is 2. The van der Waals surface area contributed by atoms with Gasteiger partial charge in [0.2, 0.25) is 5.91 Å². The molecule has 2 aromatic carbocycles. The van der Waals surface area contributed by atoms with Crippen LogP contribution in [0.2, 0.25) is 0 Å². The molecule has 0 fully saturated rings. The number of fused-ring (bicyclic) bond motifs is 2. The fourth-order valence-electron chi connectivity index (χ4n) is 3.78. The Balaban J connectivity index is 1.52. The molecular formula is C22H24N2O4. The summed E-state index contributed by atoms with van der Waals surface area (Å²) in [5.74, 6) is 1.50. The molecule has 2 aromatic rings. The lowest BCUT2D eigenvalue weighted by Crippen LogP contribution is -2.30. The average Bonchev–Trinajstić information content (AvgIpc) is 3.15. The summed E-state index contributed by atoms with van der Waals surface area (Å²) in [7, 11) is 0. The lowest BCUT2D eigenvalue weighted by atomic mass is 10.1. The Morgan fingerprint density at radius 2 is 1.86 bits per heavy atom. The molecule has 0 atom stereocenters. The predicted molar refractivity (Wildman–Crippen MR) is 106 cm³/mol. The number of hydrogen-bond acceptors (Lipinski definition) is 4. The van der Waals surface area contributed by atoms with Crippen LogP contribution in [0.15, 0.2) is 36.4 Å². The molecule has 2 heterocycles. The molecule has 4 rings (SSSR count). The van der Waals surface area contributed by atoms with Crippen LogP contribution in [0, 0.1) is 0 Å². The van der Waals surface area contributed by atoms with Crippen LogP contribution < -0.4 is 14.4 Å². The first kappa shape index (κ1) is 18.3. The highest BCUT2D eigenvalue weighted by Crippen LogP contribution is 2.32. The fourth-order valence-corrected chi connectivity index (χ4v) is 3.78. The number of carbonyl (C=O) groups is 2. The van der Waals surface area contributed by atoms with Crippen molar-refractivity contribution >= 4 is 17.5 Å². The molecule has 0 radical (unpaired) electrons. The van der Waals surface area contributed by atoms with E-state index >= 15 is 0 Å². The minimum atomic E-state index is -0.0125. The van der Waals surface area contributed by atoms with Gasteiger partial charge in [-0.05, 0) is 54.8 Å². The summed E-state index contributed by atoms with van der Waals surface area (Å²) in [6, 6.07) is 11.4. The van der Waals surface area contributed by atoms with Gasteiger partial charge in [0.05, 0.1) is 0 Å². The second-order valence-electron chi connectivity index (χ2n) is 7.06. The molecule has 146 valence electrons. The maximum Gasteiger partial charge on any atom is 0.254 e. The van der Waals surface area contributed by atoms with Crippen molar-refractivity contribution in [2.75, 3.05) is 31.2 Å². The standard InChI is InChI=1S/C22H24N2O4/c1-3-23(14-16-4-7-20-21(12-16)28-11-10-27-20)22(26)18-5-6-19-17(13-18)8-9-24(19)15(2)25/h4-7,12-13H,3,8-11,14H2,1-2H3. The molecule has 0 unspecified atom stereocenters. The Bertz CT molecular complexity index is 925.